The molecule has 2 heterocycles. The van der Waals surface area contributed by atoms with Crippen LogP contribution in [0.1, 0.15) is 18.6 Å². The smallest absolute Gasteiger partial charge is 0.122 e. The average molecular weight is 205 g/mol. The van der Waals surface area contributed by atoms with Crippen LogP contribution in [0.25, 0.3) is 0 Å². The molecule has 0 saturated carbocycles. The Labute approximate surface area is 88.6 Å². The molecule has 0 spiro atoms. The molecular weight excluding hydrogens is 190 g/mol. The van der Waals surface area contributed by atoms with E-state index in [4.69, 9.17) is 0 Å². The van der Waals surface area contributed by atoms with Crippen molar-refractivity contribution in [1.29, 1.82) is 0 Å². The summed E-state index contributed by atoms with van der Waals surface area (Å²) < 4.78 is 2.12. The summed E-state index contributed by atoms with van der Waals surface area (Å²) in [6.45, 7) is 4.57. The molecule has 0 amide bonds. The van der Waals surface area contributed by atoms with E-state index in [1.807, 2.05) is 18.6 Å². The highest BCUT2D eigenvalue weighted by Gasteiger charge is 2.00. The SMILES string of the molecule is CCn1ccnc1CNCc1ncc[nH]1. The number of rotatable bonds is 5. The Morgan fingerprint density at radius 1 is 1.33 bits per heavy atom. The fraction of sp³-hybridized carbons (Fsp3) is 0.400. The maximum Gasteiger partial charge on any atom is 0.122 e. The highest BCUT2D eigenvalue weighted by Crippen LogP contribution is 1.97. The summed E-state index contributed by atoms with van der Waals surface area (Å²) in [7, 11) is 0. The quantitative estimate of drug-likeness (QED) is 0.763. The van der Waals surface area contributed by atoms with Gasteiger partial charge in [0.1, 0.15) is 11.6 Å². The highest BCUT2D eigenvalue weighted by molar-refractivity contribution is 4.92. The molecule has 80 valence electrons. The number of aryl methyl sites for hydroxylation is 1. The van der Waals surface area contributed by atoms with Gasteiger partial charge in [-0.05, 0) is 6.92 Å². The van der Waals surface area contributed by atoms with Gasteiger partial charge in [0.2, 0.25) is 0 Å². The molecule has 15 heavy (non-hydrogen) atoms. The first-order valence-corrected chi connectivity index (χ1v) is 5.09. The van der Waals surface area contributed by atoms with E-state index in [2.05, 4.69) is 31.8 Å². The van der Waals surface area contributed by atoms with Crippen LogP contribution in [0.15, 0.2) is 24.8 Å². The molecule has 2 aromatic heterocycles. The molecule has 2 rings (SSSR count). The Hall–Kier alpha value is -1.62. The normalized spacial score (nSPS) is 10.7. The van der Waals surface area contributed by atoms with Crippen molar-refractivity contribution >= 4 is 0 Å². The molecule has 0 fully saturated rings. The minimum Gasteiger partial charge on any atom is -0.348 e. The predicted octanol–water partition coefficient (Wildman–Crippen LogP) is 0.916. The third-order valence-corrected chi connectivity index (χ3v) is 2.27. The monoisotopic (exact) mass is 205 g/mol. The molecule has 0 aliphatic heterocycles. The largest absolute Gasteiger partial charge is 0.348 e. The summed E-state index contributed by atoms with van der Waals surface area (Å²) in [5.74, 6) is 2.01. The second-order valence-corrected chi connectivity index (χ2v) is 3.27. The van der Waals surface area contributed by atoms with Gasteiger partial charge in [-0.2, -0.15) is 0 Å². The summed E-state index contributed by atoms with van der Waals surface area (Å²) in [5.41, 5.74) is 0. The van der Waals surface area contributed by atoms with Crippen molar-refractivity contribution in [3.63, 3.8) is 0 Å². The highest BCUT2D eigenvalue weighted by atomic mass is 15.1. The second-order valence-electron chi connectivity index (χ2n) is 3.27. The molecule has 0 unspecified atom stereocenters. The van der Waals surface area contributed by atoms with Crippen molar-refractivity contribution in [2.75, 3.05) is 0 Å². The van der Waals surface area contributed by atoms with Gasteiger partial charge >= 0.3 is 0 Å². The van der Waals surface area contributed by atoms with E-state index in [1.165, 1.54) is 0 Å². The molecule has 0 atom stereocenters. The minimum atomic E-state index is 0.740. The molecule has 0 saturated heterocycles. The zero-order valence-electron chi connectivity index (χ0n) is 8.77. The summed E-state index contributed by atoms with van der Waals surface area (Å²) in [5, 5.41) is 3.29. The van der Waals surface area contributed by atoms with Crippen molar-refractivity contribution in [1.82, 2.24) is 24.8 Å². The van der Waals surface area contributed by atoms with E-state index in [-0.39, 0.29) is 0 Å². The first-order valence-electron chi connectivity index (χ1n) is 5.09. The topological polar surface area (TPSA) is 58.5 Å². The first-order chi connectivity index (χ1) is 7.40. The lowest BCUT2D eigenvalue weighted by Crippen LogP contribution is -2.17. The van der Waals surface area contributed by atoms with Gasteiger partial charge in [0.25, 0.3) is 0 Å². The zero-order valence-corrected chi connectivity index (χ0v) is 8.77. The van der Waals surface area contributed by atoms with E-state index < -0.39 is 0 Å². The van der Waals surface area contributed by atoms with Crippen LogP contribution >= 0.6 is 0 Å². The van der Waals surface area contributed by atoms with Crippen LogP contribution in [0.5, 0.6) is 0 Å². The maximum atomic E-state index is 4.28. The standard InChI is InChI=1S/C10H15N5/c1-2-15-6-5-14-10(15)8-11-7-9-12-3-4-13-9/h3-6,11H,2,7-8H2,1H3,(H,12,13). The van der Waals surface area contributed by atoms with Gasteiger partial charge in [0.15, 0.2) is 0 Å². The average Bonchev–Trinajstić information content (AvgIpc) is 2.88. The van der Waals surface area contributed by atoms with Gasteiger partial charge in [0.05, 0.1) is 13.1 Å². The lowest BCUT2D eigenvalue weighted by Gasteiger charge is -2.05. The third-order valence-electron chi connectivity index (χ3n) is 2.27. The minimum absolute atomic E-state index is 0.740. The zero-order chi connectivity index (χ0) is 10.5. The van der Waals surface area contributed by atoms with Crippen LogP contribution in [0, 0.1) is 0 Å². The molecule has 2 N–H and O–H groups in total. The van der Waals surface area contributed by atoms with Gasteiger partial charge in [-0.25, -0.2) is 9.97 Å². The summed E-state index contributed by atoms with van der Waals surface area (Å²) in [6.07, 6.45) is 7.39. The van der Waals surface area contributed by atoms with Crippen LogP contribution < -0.4 is 5.32 Å². The van der Waals surface area contributed by atoms with Crippen molar-refractivity contribution in [2.24, 2.45) is 0 Å². The third kappa shape index (κ3) is 2.44. The van der Waals surface area contributed by atoms with Gasteiger partial charge in [-0.1, -0.05) is 0 Å². The predicted molar refractivity (Wildman–Crippen MR) is 57.0 cm³/mol. The fourth-order valence-electron chi connectivity index (χ4n) is 1.48. The number of aromatic amines is 1. The summed E-state index contributed by atoms with van der Waals surface area (Å²) in [6, 6.07) is 0. The second kappa shape index (κ2) is 4.75. The van der Waals surface area contributed by atoms with Crippen LogP contribution in [0.3, 0.4) is 0 Å². The van der Waals surface area contributed by atoms with Gasteiger partial charge in [0, 0.05) is 31.3 Å². The molecule has 0 aliphatic rings. The van der Waals surface area contributed by atoms with Crippen LogP contribution in [0.4, 0.5) is 0 Å². The number of H-pyrrole nitrogens is 1. The number of nitrogens with one attached hydrogen (secondary N) is 2. The molecular formula is C10H15N5. The van der Waals surface area contributed by atoms with Crippen molar-refractivity contribution in [2.45, 2.75) is 26.6 Å². The van der Waals surface area contributed by atoms with E-state index in [9.17, 15) is 0 Å². The molecule has 0 aliphatic carbocycles. The molecule has 0 aromatic carbocycles. The summed E-state index contributed by atoms with van der Waals surface area (Å²) >= 11 is 0. The van der Waals surface area contributed by atoms with E-state index in [0.29, 0.717) is 0 Å². The number of hydrogen-bond donors (Lipinski definition) is 2. The van der Waals surface area contributed by atoms with Crippen LogP contribution in [0.2, 0.25) is 0 Å². The van der Waals surface area contributed by atoms with E-state index in [1.54, 1.807) is 6.20 Å². The van der Waals surface area contributed by atoms with Crippen LogP contribution in [-0.2, 0) is 19.6 Å². The first kappa shape index (κ1) is 9.92. The lowest BCUT2D eigenvalue weighted by molar-refractivity contribution is 0.602. The van der Waals surface area contributed by atoms with E-state index >= 15 is 0 Å². The molecule has 0 bridgehead atoms. The Kier molecular flexibility index (Phi) is 3.14. The fourth-order valence-corrected chi connectivity index (χ4v) is 1.48. The molecule has 5 heteroatoms. The van der Waals surface area contributed by atoms with Gasteiger partial charge in [-0.3, -0.25) is 0 Å². The Morgan fingerprint density at radius 2 is 2.27 bits per heavy atom. The number of aromatic nitrogens is 4. The van der Waals surface area contributed by atoms with Gasteiger partial charge < -0.3 is 14.9 Å². The van der Waals surface area contributed by atoms with Crippen LogP contribution in [-0.4, -0.2) is 19.5 Å². The van der Waals surface area contributed by atoms with Crippen molar-refractivity contribution in [3.05, 3.63) is 36.4 Å². The van der Waals surface area contributed by atoms with E-state index in [0.717, 1.165) is 31.3 Å². The maximum absolute atomic E-state index is 4.28. The Balaban J connectivity index is 1.83. The Bertz CT molecular complexity index is 390. The molecule has 2 aromatic rings. The van der Waals surface area contributed by atoms with Crippen molar-refractivity contribution < 1.29 is 0 Å². The molecule has 0 radical (unpaired) electrons. The van der Waals surface area contributed by atoms with Gasteiger partial charge in [-0.15, -0.1) is 0 Å². The number of hydrogen-bond acceptors (Lipinski definition) is 3. The Morgan fingerprint density at radius 3 is 3.00 bits per heavy atom. The lowest BCUT2D eigenvalue weighted by atomic mass is 10.5. The summed E-state index contributed by atoms with van der Waals surface area (Å²) in [4.78, 5) is 11.5. The number of imidazole rings is 2. The molecule has 5 nitrogen and oxygen atoms in total. The van der Waals surface area contributed by atoms with Crippen molar-refractivity contribution in [3.8, 4) is 0 Å². The number of nitrogens with zero attached hydrogens (tertiary/aromatic N) is 3.